The largest absolute Gasteiger partial charge is 0.416 e. The summed E-state index contributed by atoms with van der Waals surface area (Å²) in [6, 6.07) is 4.45. The highest BCUT2D eigenvalue weighted by molar-refractivity contribution is 5.94. The Morgan fingerprint density at radius 2 is 1.95 bits per heavy atom. The number of carbonyl (C=O) groups excluding carboxylic acids is 1. The Balaban J connectivity index is 2.10. The third kappa shape index (κ3) is 3.56. The first-order valence-corrected chi connectivity index (χ1v) is 7.05. The van der Waals surface area contributed by atoms with Crippen molar-refractivity contribution in [1.82, 2.24) is 4.90 Å². The number of halogens is 3. The van der Waals surface area contributed by atoms with Crippen molar-refractivity contribution in [2.24, 2.45) is 11.7 Å². The monoisotopic (exact) mass is 300 g/mol. The highest BCUT2D eigenvalue weighted by atomic mass is 19.4. The lowest BCUT2D eigenvalue weighted by Crippen LogP contribution is -2.49. The van der Waals surface area contributed by atoms with Crippen LogP contribution in [0.5, 0.6) is 0 Å². The van der Waals surface area contributed by atoms with Gasteiger partial charge in [-0.05, 0) is 36.6 Å². The number of rotatable bonds is 2. The molecular weight excluding hydrogens is 281 g/mol. The molecule has 1 aromatic rings. The van der Waals surface area contributed by atoms with Crippen LogP contribution in [0.4, 0.5) is 13.2 Å². The van der Waals surface area contributed by atoms with Gasteiger partial charge in [0, 0.05) is 24.7 Å². The molecule has 1 saturated heterocycles. The molecule has 1 aliphatic rings. The normalized spacial score (nSPS) is 23.2. The zero-order valence-corrected chi connectivity index (χ0v) is 11.9. The second-order valence-electron chi connectivity index (χ2n) is 5.45. The standard InChI is InChI=1S/C15H19F3N2O/c1-2-10-9-20(8-7-13(10)19)14(21)11-3-5-12(6-4-11)15(16,17)18/h3-6,10,13H,2,7-9,19H2,1H3. The number of hydrogen-bond donors (Lipinski definition) is 1. The maximum absolute atomic E-state index is 12.5. The lowest BCUT2D eigenvalue weighted by molar-refractivity contribution is -0.137. The third-order valence-electron chi connectivity index (χ3n) is 4.06. The van der Waals surface area contributed by atoms with Crippen LogP contribution in [-0.2, 0) is 6.18 Å². The minimum absolute atomic E-state index is 0.0895. The molecule has 1 amide bonds. The summed E-state index contributed by atoms with van der Waals surface area (Å²) >= 11 is 0. The van der Waals surface area contributed by atoms with Crippen LogP contribution in [0.1, 0.15) is 35.7 Å². The number of nitrogens with two attached hydrogens (primary N) is 1. The Morgan fingerprint density at radius 1 is 1.33 bits per heavy atom. The van der Waals surface area contributed by atoms with E-state index in [1.165, 1.54) is 12.1 Å². The summed E-state index contributed by atoms with van der Waals surface area (Å²) in [5, 5.41) is 0. The number of alkyl halides is 3. The van der Waals surface area contributed by atoms with Gasteiger partial charge in [0.2, 0.25) is 0 Å². The molecule has 2 N–H and O–H groups in total. The topological polar surface area (TPSA) is 46.3 Å². The van der Waals surface area contributed by atoms with Gasteiger partial charge in [-0.25, -0.2) is 0 Å². The minimum atomic E-state index is -4.38. The van der Waals surface area contributed by atoms with Crippen LogP contribution in [0.2, 0.25) is 0 Å². The molecule has 0 aromatic heterocycles. The van der Waals surface area contributed by atoms with Gasteiger partial charge >= 0.3 is 6.18 Å². The van der Waals surface area contributed by atoms with E-state index in [2.05, 4.69) is 0 Å². The Hall–Kier alpha value is -1.56. The van der Waals surface area contributed by atoms with Crippen molar-refractivity contribution in [3.63, 3.8) is 0 Å². The van der Waals surface area contributed by atoms with E-state index in [4.69, 9.17) is 5.73 Å². The van der Waals surface area contributed by atoms with Crippen LogP contribution in [0, 0.1) is 5.92 Å². The quantitative estimate of drug-likeness (QED) is 0.913. The predicted molar refractivity (Wildman–Crippen MR) is 73.7 cm³/mol. The van der Waals surface area contributed by atoms with Gasteiger partial charge in [0.1, 0.15) is 0 Å². The summed E-state index contributed by atoms with van der Waals surface area (Å²) in [5.74, 6) is 0.0197. The summed E-state index contributed by atoms with van der Waals surface area (Å²) in [5.41, 5.74) is 5.54. The van der Waals surface area contributed by atoms with E-state index in [9.17, 15) is 18.0 Å². The van der Waals surface area contributed by atoms with Crippen molar-refractivity contribution < 1.29 is 18.0 Å². The molecule has 1 aliphatic heterocycles. The number of benzene rings is 1. The second kappa shape index (κ2) is 6.05. The molecule has 0 bridgehead atoms. The molecule has 0 spiro atoms. The highest BCUT2D eigenvalue weighted by Crippen LogP contribution is 2.29. The Morgan fingerprint density at radius 3 is 2.48 bits per heavy atom. The van der Waals surface area contributed by atoms with Crippen LogP contribution in [0.25, 0.3) is 0 Å². The lowest BCUT2D eigenvalue weighted by Gasteiger charge is -2.36. The summed E-state index contributed by atoms with van der Waals surface area (Å²) < 4.78 is 37.5. The average molecular weight is 300 g/mol. The molecule has 116 valence electrons. The summed E-state index contributed by atoms with van der Waals surface area (Å²) in [7, 11) is 0. The SMILES string of the molecule is CCC1CN(C(=O)c2ccc(C(F)(F)F)cc2)CCC1N. The molecule has 3 nitrogen and oxygen atoms in total. The van der Waals surface area contributed by atoms with E-state index >= 15 is 0 Å². The van der Waals surface area contributed by atoms with Gasteiger partial charge in [-0.15, -0.1) is 0 Å². The maximum Gasteiger partial charge on any atom is 0.416 e. The van der Waals surface area contributed by atoms with Crippen molar-refractivity contribution >= 4 is 5.91 Å². The van der Waals surface area contributed by atoms with Crippen molar-refractivity contribution in [1.29, 1.82) is 0 Å². The maximum atomic E-state index is 12.5. The molecule has 2 unspecified atom stereocenters. The summed E-state index contributed by atoms with van der Waals surface area (Å²) in [6.45, 7) is 3.14. The zero-order chi connectivity index (χ0) is 15.6. The number of carbonyl (C=O) groups is 1. The van der Waals surface area contributed by atoms with Crippen LogP contribution >= 0.6 is 0 Å². The Labute approximate surface area is 121 Å². The zero-order valence-electron chi connectivity index (χ0n) is 11.9. The predicted octanol–water partition coefficient (Wildman–Crippen LogP) is 2.90. The number of amides is 1. The molecule has 1 aromatic carbocycles. The molecule has 1 heterocycles. The fraction of sp³-hybridized carbons (Fsp3) is 0.533. The van der Waals surface area contributed by atoms with Crippen LogP contribution < -0.4 is 5.73 Å². The molecule has 6 heteroatoms. The minimum Gasteiger partial charge on any atom is -0.338 e. The number of nitrogens with zero attached hydrogens (tertiary/aromatic N) is 1. The second-order valence-corrected chi connectivity index (χ2v) is 5.45. The van der Waals surface area contributed by atoms with E-state index in [-0.39, 0.29) is 23.4 Å². The number of hydrogen-bond acceptors (Lipinski definition) is 2. The lowest BCUT2D eigenvalue weighted by atomic mass is 9.90. The van der Waals surface area contributed by atoms with E-state index in [1.54, 1.807) is 4.90 Å². The van der Waals surface area contributed by atoms with E-state index in [0.29, 0.717) is 13.1 Å². The van der Waals surface area contributed by atoms with Crippen molar-refractivity contribution in [2.45, 2.75) is 32.0 Å². The van der Waals surface area contributed by atoms with Crippen molar-refractivity contribution in [3.05, 3.63) is 35.4 Å². The fourth-order valence-corrected chi connectivity index (χ4v) is 2.65. The molecule has 21 heavy (non-hydrogen) atoms. The highest BCUT2D eigenvalue weighted by Gasteiger charge is 2.31. The molecular formula is C15H19F3N2O. The van der Waals surface area contributed by atoms with Crippen molar-refractivity contribution in [3.8, 4) is 0 Å². The molecule has 2 rings (SSSR count). The Kier molecular flexibility index (Phi) is 4.56. The van der Waals surface area contributed by atoms with E-state index in [1.807, 2.05) is 6.92 Å². The molecule has 1 fully saturated rings. The fourth-order valence-electron chi connectivity index (χ4n) is 2.65. The van der Waals surface area contributed by atoms with E-state index < -0.39 is 11.7 Å². The first kappa shape index (κ1) is 15.8. The van der Waals surface area contributed by atoms with Crippen LogP contribution in [-0.4, -0.2) is 29.9 Å². The average Bonchev–Trinajstić information content (AvgIpc) is 2.46. The number of piperidine rings is 1. The van der Waals surface area contributed by atoms with Crippen LogP contribution in [0.3, 0.4) is 0 Å². The third-order valence-corrected chi connectivity index (χ3v) is 4.06. The van der Waals surface area contributed by atoms with Gasteiger partial charge in [0.25, 0.3) is 5.91 Å². The molecule has 2 atom stereocenters. The first-order valence-electron chi connectivity index (χ1n) is 7.05. The van der Waals surface area contributed by atoms with Gasteiger partial charge in [-0.3, -0.25) is 4.79 Å². The molecule has 0 aliphatic carbocycles. The van der Waals surface area contributed by atoms with Gasteiger partial charge in [0.05, 0.1) is 5.56 Å². The molecule has 0 radical (unpaired) electrons. The number of likely N-dealkylation sites (tertiary alicyclic amines) is 1. The van der Waals surface area contributed by atoms with Gasteiger partial charge in [0.15, 0.2) is 0 Å². The smallest absolute Gasteiger partial charge is 0.338 e. The summed E-state index contributed by atoms with van der Waals surface area (Å²) in [6.07, 6.45) is -2.77. The van der Waals surface area contributed by atoms with Crippen molar-refractivity contribution in [2.75, 3.05) is 13.1 Å². The Bertz CT molecular complexity index is 499. The van der Waals surface area contributed by atoms with Gasteiger partial charge in [-0.2, -0.15) is 13.2 Å². The first-order chi connectivity index (χ1) is 9.82. The summed E-state index contributed by atoms with van der Waals surface area (Å²) in [4.78, 5) is 14.0. The van der Waals surface area contributed by atoms with Crippen LogP contribution in [0.15, 0.2) is 24.3 Å². The molecule has 0 saturated carbocycles. The van der Waals surface area contributed by atoms with E-state index in [0.717, 1.165) is 25.0 Å². The van der Waals surface area contributed by atoms with Gasteiger partial charge in [-0.1, -0.05) is 13.3 Å². The van der Waals surface area contributed by atoms with Gasteiger partial charge < -0.3 is 10.6 Å².